The summed E-state index contributed by atoms with van der Waals surface area (Å²) in [6.07, 6.45) is 1.77. The van der Waals surface area contributed by atoms with E-state index in [0.717, 1.165) is 27.9 Å². The van der Waals surface area contributed by atoms with Gasteiger partial charge in [-0.3, -0.25) is 4.98 Å². The molecule has 0 radical (unpaired) electrons. The Morgan fingerprint density at radius 1 is 0.850 bits per heavy atom. The molecule has 1 heterocycles. The SMILES string of the molecule is Cc1ccnc(-c2cccc(F)c2)c1-c1ccccc1. The Bertz CT molecular complexity index is 735. The number of aryl methyl sites for hydroxylation is 1. The molecule has 2 aromatic carbocycles. The zero-order valence-electron chi connectivity index (χ0n) is 11.2. The molecule has 0 aliphatic rings. The third kappa shape index (κ3) is 2.32. The minimum atomic E-state index is -0.246. The van der Waals surface area contributed by atoms with Gasteiger partial charge in [-0.2, -0.15) is 0 Å². The highest BCUT2D eigenvalue weighted by Crippen LogP contribution is 2.32. The van der Waals surface area contributed by atoms with E-state index in [1.54, 1.807) is 12.3 Å². The van der Waals surface area contributed by atoms with E-state index in [-0.39, 0.29) is 5.82 Å². The molecular weight excluding hydrogens is 249 g/mol. The molecule has 0 atom stereocenters. The fraction of sp³-hybridized carbons (Fsp3) is 0.0556. The van der Waals surface area contributed by atoms with Crippen molar-refractivity contribution in [2.45, 2.75) is 6.92 Å². The van der Waals surface area contributed by atoms with Gasteiger partial charge < -0.3 is 0 Å². The van der Waals surface area contributed by atoms with Crippen LogP contribution in [0, 0.1) is 12.7 Å². The number of rotatable bonds is 2. The van der Waals surface area contributed by atoms with Gasteiger partial charge in [-0.05, 0) is 36.2 Å². The van der Waals surface area contributed by atoms with E-state index in [9.17, 15) is 4.39 Å². The van der Waals surface area contributed by atoms with Gasteiger partial charge in [0.05, 0.1) is 5.69 Å². The molecule has 0 aliphatic heterocycles. The lowest BCUT2D eigenvalue weighted by Gasteiger charge is -2.12. The molecule has 0 unspecified atom stereocenters. The molecule has 0 saturated carbocycles. The standard InChI is InChI=1S/C18H14FN/c1-13-10-11-20-18(15-8-5-9-16(19)12-15)17(13)14-6-3-2-4-7-14/h2-12H,1H3. The van der Waals surface area contributed by atoms with Crippen molar-refractivity contribution in [2.75, 3.05) is 0 Å². The lowest BCUT2D eigenvalue weighted by molar-refractivity contribution is 0.628. The summed E-state index contributed by atoms with van der Waals surface area (Å²) in [5.41, 5.74) is 4.89. The second kappa shape index (κ2) is 5.25. The number of nitrogens with zero attached hydrogens (tertiary/aromatic N) is 1. The van der Waals surface area contributed by atoms with Crippen LogP contribution in [0.5, 0.6) is 0 Å². The van der Waals surface area contributed by atoms with Crippen LogP contribution in [0.15, 0.2) is 66.9 Å². The molecule has 0 amide bonds. The van der Waals surface area contributed by atoms with Gasteiger partial charge in [-0.25, -0.2) is 4.39 Å². The maximum atomic E-state index is 13.5. The Labute approximate surface area is 117 Å². The third-order valence-corrected chi connectivity index (χ3v) is 3.32. The van der Waals surface area contributed by atoms with Crippen LogP contribution < -0.4 is 0 Å². The van der Waals surface area contributed by atoms with Gasteiger partial charge in [-0.1, -0.05) is 42.5 Å². The van der Waals surface area contributed by atoms with Crippen molar-refractivity contribution < 1.29 is 4.39 Å². The monoisotopic (exact) mass is 263 g/mol. The van der Waals surface area contributed by atoms with Gasteiger partial charge in [0.1, 0.15) is 5.82 Å². The summed E-state index contributed by atoms with van der Waals surface area (Å²) >= 11 is 0. The molecule has 1 nitrogen and oxygen atoms in total. The molecule has 0 spiro atoms. The summed E-state index contributed by atoms with van der Waals surface area (Å²) in [6, 6.07) is 18.6. The van der Waals surface area contributed by atoms with Crippen LogP contribution in [0.3, 0.4) is 0 Å². The Balaban J connectivity index is 2.25. The molecule has 0 fully saturated rings. The number of hydrogen-bond acceptors (Lipinski definition) is 1. The molecule has 0 saturated heterocycles. The molecule has 3 aromatic rings. The summed E-state index contributed by atoms with van der Waals surface area (Å²) in [4.78, 5) is 4.46. The second-order valence-electron chi connectivity index (χ2n) is 4.73. The molecule has 0 N–H and O–H groups in total. The van der Waals surface area contributed by atoms with E-state index in [1.165, 1.54) is 12.1 Å². The highest BCUT2D eigenvalue weighted by Gasteiger charge is 2.11. The van der Waals surface area contributed by atoms with E-state index < -0.39 is 0 Å². The molecule has 20 heavy (non-hydrogen) atoms. The molecule has 2 heteroatoms. The van der Waals surface area contributed by atoms with Gasteiger partial charge in [0, 0.05) is 17.3 Å². The van der Waals surface area contributed by atoms with Gasteiger partial charge in [-0.15, -0.1) is 0 Å². The number of hydrogen-bond donors (Lipinski definition) is 0. The van der Waals surface area contributed by atoms with Crippen LogP contribution in [0.4, 0.5) is 4.39 Å². The lowest BCUT2D eigenvalue weighted by Crippen LogP contribution is -1.92. The van der Waals surface area contributed by atoms with Crippen LogP contribution in [0.25, 0.3) is 22.4 Å². The summed E-state index contributed by atoms with van der Waals surface area (Å²) < 4.78 is 13.5. The first-order valence-corrected chi connectivity index (χ1v) is 6.52. The topological polar surface area (TPSA) is 12.9 Å². The number of halogens is 1. The van der Waals surface area contributed by atoms with E-state index in [2.05, 4.69) is 4.98 Å². The van der Waals surface area contributed by atoms with Crippen molar-refractivity contribution in [2.24, 2.45) is 0 Å². The first-order chi connectivity index (χ1) is 9.75. The lowest BCUT2D eigenvalue weighted by atomic mass is 9.95. The van der Waals surface area contributed by atoms with Crippen molar-refractivity contribution >= 4 is 0 Å². The van der Waals surface area contributed by atoms with Gasteiger partial charge in [0.15, 0.2) is 0 Å². The fourth-order valence-corrected chi connectivity index (χ4v) is 2.38. The van der Waals surface area contributed by atoms with Crippen LogP contribution in [0.2, 0.25) is 0 Å². The third-order valence-electron chi connectivity index (χ3n) is 3.32. The summed E-state index contributed by atoms with van der Waals surface area (Å²) in [6.45, 7) is 2.05. The number of pyridine rings is 1. The number of benzene rings is 2. The molecule has 0 aliphatic carbocycles. The van der Waals surface area contributed by atoms with E-state index >= 15 is 0 Å². The smallest absolute Gasteiger partial charge is 0.123 e. The minimum absolute atomic E-state index is 0.246. The maximum Gasteiger partial charge on any atom is 0.123 e. The zero-order chi connectivity index (χ0) is 13.9. The first kappa shape index (κ1) is 12.5. The van der Waals surface area contributed by atoms with Crippen LogP contribution in [-0.4, -0.2) is 4.98 Å². The van der Waals surface area contributed by atoms with Gasteiger partial charge in [0.2, 0.25) is 0 Å². The highest BCUT2D eigenvalue weighted by molar-refractivity contribution is 5.82. The Morgan fingerprint density at radius 3 is 2.35 bits per heavy atom. The second-order valence-corrected chi connectivity index (χ2v) is 4.73. The Hall–Kier alpha value is -2.48. The van der Waals surface area contributed by atoms with Gasteiger partial charge in [0.25, 0.3) is 0 Å². The Morgan fingerprint density at radius 2 is 1.60 bits per heavy atom. The first-order valence-electron chi connectivity index (χ1n) is 6.52. The van der Waals surface area contributed by atoms with E-state index in [0.29, 0.717) is 0 Å². The van der Waals surface area contributed by atoms with Crippen LogP contribution in [0.1, 0.15) is 5.56 Å². The van der Waals surface area contributed by atoms with Crippen molar-refractivity contribution in [3.63, 3.8) is 0 Å². The quantitative estimate of drug-likeness (QED) is 0.643. The van der Waals surface area contributed by atoms with Crippen molar-refractivity contribution in [1.82, 2.24) is 4.98 Å². The van der Waals surface area contributed by atoms with Crippen molar-refractivity contribution in [3.8, 4) is 22.4 Å². The number of aromatic nitrogens is 1. The van der Waals surface area contributed by atoms with E-state index in [1.807, 2.05) is 49.4 Å². The van der Waals surface area contributed by atoms with Crippen LogP contribution >= 0.6 is 0 Å². The minimum Gasteiger partial charge on any atom is -0.256 e. The van der Waals surface area contributed by atoms with E-state index in [4.69, 9.17) is 0 Å². The molecular formula is C18H14FN. The molecule has 1 aromatic heterocycles. The average Bonchev–Trinajstić information content (AvgIpc) is 2.48. The summed E-state index contributed by atoms with van der Waals surface area (Å²) in [7, 11) is 0. The molecule has 98 valence electrons. The molecule has 3 rings (SSSR count). The highest BCUT2D eigenvalue weighted by atomic mass is 19.1. The van der Waals surface area contributed by atoms with Crippen molar-refractivity contribution in [1.29, 1.82) is 0 Å². The van der Waals surface area contributed by atoms with Gasteiger partial charge >= 0.3 is 0 Å². The summed E-state index contributed by atoms with van der Waals surface area (Å²) in [5, 5.41) is 0. The maximum absolute atomic E-state index is 13.5. The van der Waals surface area contributed by atoms with Crippen molar-refractivity contribution in [3.05, 3.63) is 78.2 Å². The largest absolute Gasteiger partial charge is 0.256 e. The molecule has 0 bridgehead atoms. The predicted octanol–water partition coefficient (Wildman–Crippen LogP) is 4.86. The normalized spacial score (nSPS) is 10.5. The zero-order valence-corrected chi connectivity index (χ0v) is 11.2. The fourth-order valence-electron chi connectivity index (χ4n) is 2.38. The summed E-state index contributed by atoms with van der Waals surface area (Å²) in [5.74, 6) is -0.246. The predicted molar refractivity (Wildman–Crippen MR) is 79.8 cm³/mol. The van der Waals surface area contributed by atoms with Crippen LogP contribution in [-0.2, 0) is 0 Å². The Kier molecular flexibility index (Phi) is 3.30. The average molecular weight is 263 g/mol.